The third-order valence-electron chi connectivity index (χ3n) is 5.15. The summed E-state index contributed by atoms with van der Waals surface area (Å²) in [5.74, 6) is 0.782. The average molecular weight is 489 g/mol. The molecule has 0 fully saturated rings. The van der Waals surface area contributed by atoms with Crippen molar-refractivity contribution in [3.63, 3.8) is 0 Å². The van der Waals surface area contributed by atoms with Crippen molar-refractivity contribution < 1.29 is 22.7 Å². The molecule has 0 spiro atoms. The molecule has 0 saturated carbocycles. The van der Waals surface area contributed by atoms with Crippen LogP contribution in [-0.4, -0.2) is 37.2 Å². The van der Waals surface area contributed by atoms with Gasteiger partial charge in [0.2, 0.25) is 9.47 Å². The Hall–Kier alpha value is -3.02. The van der Waals surface area contributed by atoms with Gasteiger partial charge >= 0.3 is 0 Å². The number of anilines is 1. The van der Waals surface area contributed by atoms with Gasteiger partial charge in [-0.1, -0.05) is 35.1 Å². The van der Waals surface area contributed by atoms with Gasteiger partial charge in [0.15, 0.2) is 0 Å². The fourth-order valence-corrected chi connectivity index (χ4v) is 5.67. The number of nitrogens with one attached hydrogen (secondary N) is 2. The lowest BCUT2D eigenvalue weighted by atomic mass is 9.90. The van der Waals surface area contributed by atoms with Gasteiger partial charge < -0.3 is 9.47 Å². The normalized spacial score (nSPS) is 17.0. The average Bonchev–Trinajstić information content (AvgIpc) is 3.22. The third kappa shape index (κ3) is 5.15. The van der Waals surface area contributed by atoms with Gasteiger partial charge in [0.25, 0.3) is 15.9 Å². The molecule has 2 aromatic carbocycles. The number of fused-ring (bicyclic) bond motifs is 1. The topological polar surface area (TPSA) is 120 Å². The third-order valence-corrected chi connectivity index (χ3v) is 7.82. The summed E-state index contributed by atoms with van der Waals surface area (Å²) in [6.07, 6.45) is 0.418. The molecule has 0 saturated heterocycles. The number of ether oxygens (including phenoxy) is 2. The Labute approximate surface area is 196 Å². The molecule has 1 atom stereocenters. The summed E-state index contributed by atoms with van der Waals surface area (Å²) >= 11 is 0.786. The molecule has 174 valence electrons. The number of rotatable bonds is 6. The van der Waals surface area contributed by atoms with Crippen molar-refractivity contribution in [3.05, 3.63) is 59.2 Å². The maximum absolute atomic E-state index is 13.1. The first-order valence-electron chi connectivity index (χ1n) is 10.2. The summed E-state index contributed by atoms with van der Waals surface area (Å²) < 4.78 is 39.9. The molecule has 1 unspecified atom stereocenters. The predicted octanol–water partition coefficient (Wildman–Crippen LogP) is 3.69. The SMILES string of the molecule is COc1ccc2c(c1)OC(C)(C)CC2NS(=O)(=O)c1nnc(NC(=O)c2ccc(C)cc2)s1. The van der Waals surface area contributed by atoms with E-state index in [2.05, 4.69) is 20.2 Å². The Bertz CT molecular complexity index is 1290. The van der Waals surface area contributed by atoms with Gasteiger partial charge in [-0.25, -0.2) is 13.1 Å². The molecule has 2 heterocycles. The van der Waals surface area contributed by atoms with E-state index in [0.717, 1.165) is 16.9 Å². The van der Waals surface area contributed by atoms with Gasteiger partial charge in [-0.15, -0.1) is 10.2 Å². The lowest BCUT2D eigenvalue weighted by Gasteiger charge is -2.37. The van der Waals surface area contributed by atoms with Gasteiger partial charge in [0.05, 0.1) is 13.2 Å². The number of aromatic nitrogens is 2. The second-order valence-electron chi connectivity index (χ2n) is 8.34. The highest BCUT2D eigenvalue weighted by molar-refractivity contribution is 7.91. The zero-order valence-electron chi connectivity index (χ0n) is 18.6. The molecule has 1 aromatic heterocycles. The van der Waals surface area contributed by atoms with E-state index in [1.165, 1.54) is 0 Å². The lowest BCUT2D eigenvalue weighted by molar-refractivity contribution is 0.0698. The fourth-order valence-electron chi connectivity index (χ4n) is 3.54. The molecule has 1 aliphatic rings. The van der Waals surface area contributed by atoms with Crippen LogP contribution < -0.4 is 19.5 Å². The molecule has 3 aromatic rings. The van der Waals surface area contributed by atoms with E-state index >= 15 is 0 Å². The molecule has 0 aliphatic carbocycles. The zero-order chi connectivity index (χ0) is 23.8. The molecule has 33 heavy (non-hydrogen) atoms. The molecule has 9 nitrogen and oxygen atoms in total. The van der Waals surface area contributed by atoms with Crippen LogP contribution in [0, 0.1) is 6.92 Å². The highest BCUT2D eigenvalue weighted by Gasteiger charge is 2.37. The minimum Gasteiger partial charge on any atom is -0.497 e. The Balaban J connectivity index is 1.53. The highest BCUT2D eigenvalue weighted by Crippen LogP contribution is 2.42. The summed E-state index contributed by atoms with van der Waals surface area (Å²) in [7, 11) is -2.44. The molecule has 0 bridgehead atoms. The number of nitrogens with zero attached hydrogens (tertiary/aromatic N) is 2. The molecular formula is C22H24N4O5S2. The van der Waals surface area contributed by atoms with Crippen molar-refractivity contribution in [2.75, 3.05) is 12.4 Å². The van der Waals surface area contributed by atoms with Gasteiger partial charge in [0, 0.05) is 23.6 Å². The van der Waals surface area contributed by atoms with Crippen molar-refractivity contribution in [1.29, 1.82) is 0 Å². The van der Waals surface area contributed by atoms with Crippen LogP contribution in [0.1, 0.15) is 47.8 Å². The largest absolute Gasteiger partial charge is 0.497 e. The van der Waals surface area contributed by atoms with Crippen LogP contribution in [-0.2, 0) is 10.0 Å². The Morgan fingerprint density at radius 2 is 1.91 bits per heavy atom. The molecule has 1 aliphatic heterocycles. The highest BCUT2D eigenvalue weighted by atomic mass is 32.2. The first kappa shape index (κ1) is 23.1. The first-order chi connectivity index (χ1) is 15.6. The predicted molar refractivity (Wildman–Crippen MR) is 124 cm³/mol. The van der Waals surface area contributed by atoms with Crippen LogP contribution in [0.4, 0.5) is 5.13 Å². The second kappa shape index (κ2) is 8.73. The number of benzene rings is 2. The van der Waals surface area contributed by atoms with E-state index in [4.69, 9.17) is 9.47 Å². The summed E-state index contributed by atoms with van der Waals surface area (Å²) in [5, 5.41) is 10.3. The van der Waals surface area contributed by atoms with Crippen molar-refractivity contribution >= 4 is 32.4 Å². The van der Waals surface area contributed by atoms with Crippen LogP contribution >= 0.6 is 11.3 Å². The molecule has 4 rings (SSSR count). The van der Waals surface area contributed by atoms with E-state index in [1.54, 1.807) is 37.4 Å². The van der Waals surface area contributed by atoms with Crippen molar-refractivity contribution in [2.24, 2.45) is 0 Å². The van der Waals surface area contributed by atoms with E-state index in [1.807, 2.05) is 32.9 Å². The fraction of sp³-hybridized carbons (Fsp3) is 0.318. The Morgan fingerprint density at radius 1 is 1.18 bits per heavy atom. The number of carbonyl (C=O) groups excluding carboxylic acids is 1. The maximum atomic E-state index is 13.1. The van der Waals surface area contributed by atoms with E-state index in [-0.39, 0.29) is 9.47 Å². The molecule has 11 heteroatoms. The summed E-state index contributed by atoms with van der Waals surface area (Å²) in [5.41, 5.74) is 1.57. The number of carbonyl (C=O) groups is 1. The van der Waals surface area contributed by atoms with Crippen LogP contribution in [0.15, 0.2) is 46.8 Å². The van der Waals surface area contributed by atoms with E-state index in [9.17, 15) is 13.2 Å². The number of hydrogen-bond acceptors (Lipinski definition) is 8. The van der Waals surface area contributed by atoms with Gasteiger partial charge in [-0.3, -0.25) is 10.1 Å². The van der Waals surface area contributed by atoms with Crippen molar-refractivity contribution in [1.82, 2.24) is 14.9 Å². The monoisotopic (exact) mass is 488 g/mol. The number of hydrogen-bond donors (Lipinski definition) is 2. The van der Waals surface area contributed by atoms with Gasteiger partial charge in [0.1, 0.15) is 17.1 Å². The maximum Gasteiger partial charge on any atom is 0.270 e. The van der Waals surface area contributed by atoms with E-state index in [0.29, 0.717) is 29.0 Å². The smallest absolute Gasteiger partial charge is 0.270 e. The lowest BCUT2D eigenvalue weighted by Crippen LogP contribution is -2.41. The van der Waals surface area contributed by atoms with Crippen LogP contribution in [0.2, 0.25) is 0 Å². The first-order valence-corrected chi connectivity index (χ1v) is 12.5. The summed E-state index contributed by atoms with van der Waals surface area (Å²) in [6, 6.07) is 11.7. The molecule has 2 N–H and O–H groups in total. The minimum atomic E-state index is -4.00. The van der Waals surface area contributed by atoms with Crippen molar-refractivity contribution in [3.8, 4) is 11.5 Å². The van der Waals surface area contributed by atoms with Gasteiger partial charge in [-0.05, 0) is 39.0 Å². The zero-order valence-corrected chi connectivity index (χ0v) is 20.2. The summed E-state index contributed by atoms with van der Waals surface area (Å²) in [4.78, 5) is 12.4. The van der Waals surface area contributed by atoms with Gasteiger partial charge in [-0.2, -0.15) is 0 Å². The van der Waals surface area contributed by atoms with Crippen LogP contribution in [0.25, 0.3) is 0 Å². The number of amides is 1. The standard InChI is InChI=1S/C22H24N4O5S2/c1-13-5-7-14(8-6-13)19(27)23-20-24-25-21(32-20)33(28,29)26-17-12-22(2,3)31-18-11-15(30-4)9-10-16(17)18/h5-11,17,26H,12H2,1-4H3,(H,23,24,27). The van der Waals surface area contributed by atoms with Crippen molar-refractivity contribution in [2.45, 2.75) is 43.2 Å². The van der Waals surface area contributed by atoms with E-state index < -0.39 is 27.6 Å². The minimum absolute atomic E-state index is 0.0957. The molecule has 0 radical (unpaired) electrons. The Morgan fingerprint density at radius 3 is 2.61 bits per heavy atom. The second-order valence-corrected chi connectivity index (χ2v) is 11.2. The number of aryl methyl sites for hydroxylation is 1. The Kier molecular flexibility index (Phi) is 6.12. The number of sulfonamides is 1. The molecular weight excluding hydrogens is 464 g/mol. The quantitative estimate of drug-likeness (QED) is 0.508. The molecule has 1 amide bonds. The van der Waals surface area contributed by atoms with Crippen LogP contribution in [0.5, 0.6) is 11.5 Å². The summed E-state index contributed by atoms with van der Waals surface area (Å²) in [6.45, 7) is 5.70. The number of methoxy groups -OCH3 is 1. The van der Waals surface area contributed by atoms with Crippen LogP contribution in [0.3, 0.4) is 0 Å².